The van der Waals surface area contributed by atoms with Crippen LogP contribution in [0.2, 0.25) is 0 Å². The van der Waals surface area contributed by atoms with Crippen LogP contribution >= 0.6 is 0 Å². The molecule has 0 unspecified atom stereocenters. The summed E-state index contributed by atoms with van der Waals surface area (Å²) in [4.78, 5) is 4.28. The van der Waals surface area contributed by atoms with Crippen molar-refractivity contribution >= 4 is 10.9 Å². The maximum Gasteiger partial charge on any atom is 0.102 e. The summed E-state index contributed by atoms with van der Waals surface area (Å²) in [5, 5.41) is 5.22. The van der Waals surface area contributed by atoms with E-state index in [0.29, 0.717) is 6.54 Å². The normalized spacial score (nSPS) is 10.0. The van der Waals surface area contributed by atoms with Crippen LogP contribution in [0.1, 0.15) is 5.56 Å². The SMILES string of the molecule is C(#Cc1ccc2ncccc2c1)Cn1cccn1. The standard InChI is InChI=1S/C15H11N3/c1-5-14-12-13(6-7-15(14)16-8-1)4-2-10-18-11-3-9-17-18/h1,3,5-9,11-12H,10H2. The molecule has 0 aliphatic carbocycles. The molecule has 0 fully saturated rings. The summed E-state index contributed by atoms with van der Waals surface area (Å²) in [5.41, 5.74) is 2.00. The minimum atomic E-state index is 0.609. The van der Waals surface area contributed by atoms with Gasteiger partial charge in [0.05, 0.1) is 5.52 Å². The van der Waals surface area contributed by atoms with Gasteiger partial charge in [0.15, 0.2) is 0 Å². The van der Waals surface area contributed by atoms with Gasteiger partial charge in [-0.2, -0.15) is 5.10 Å². The van der Waals surface area contributed by atoms with Crippen LogP contribution in [0.25, 0.3) is 10.9 Å². The van der Waals surface area contributed by atoms with Crippen LogP contribution in [-0.4, -0.2) is 14.8 Å². The molecular weight excluding hydrogens is 222 g/mol. The Hall–Kier alpha value is -2.60. The van der Waals surface area contributed by atoms with Crippen LogP contribution in [0.3, 0.4) is 0 Å². The summed E-state index contributed by atoms with van der Waals surface area (Å²) in [5.74, 6) is 6.24. The number of rotatable bonds is 1. The summed E-state index contributed by atoms with van der Waals surface area (Å²) in [6, 6.07) is 11.9. The number of pyridine rings is 1. The Morgan fingerprint density at radius 3 is 3.00 bits per heavy atom. The van der Waals surface area contributed by atoms with Crippen molar-refractivity contribution in [3.63, 3.8) is 0 Å². The summed E-state index contributed by atoms with van der Waals surface area (Å²) in [7, 11) is 0. The highest BCUT2D eigenvalue weighted by Crippen LogP contribution is 2.12. The van der Waals surface area contributed by atoms with Gasteiger partial charge in [-0.25, -0.2) is 0 Å². The Morgan fingerprint density at radius 2 is 2.11 bits per heavy atom. The fraction of sp³-hybridized carbons (Fsp3) is 0.0667. The van der Waals surface area contributed by atoms with Crippen molar-refractivity contribution in [2.45, 2.75) is 6.54 Å². The molecule has 86 valence electrons. The van der Waals surface area contributed by atoms with E-state index in [1.54, 1.807) is 17.1 Å². The molecule has 3 aromatic rings. The van der Waals surface area contributed by atoms with E-state index in [4.69, 9.17) is 0 Å². The lowest BCUT2D eigenvalue weighted by Crippen LogP contribution is -1.94. The molecule has 0 saturated carbocycles. The van der Waals surface area contributed by atoms with E-state index in [1.165, 1.54) is 0 Å². The summed E-state index contributed by atoms with van der Waals surface area (Å²) < 4.78 is 1.80. The Balaban J connectivity index is 1.84. The van der Waals surface area contributed by atoms with E-state index in [1.807, 2.05) is 36.5 Å². The van der Waals surface area contributed by atoms with Gasteiger partial charge in [0.2, 0.25) is 0 Å². The third-order valence-electron chi connectivity index (χ3n) is 2.64. The van der Waals surface area contributed by atoms with E-state index in [9.17, 15) is 0 Å². The van der Waals surface area contributed by atoms with Crippen LogP contribution < -0.4 is 0 Å². The van der Waals surface area contributed by atoms with Crippen molar-refractivity contribution in [1.29, 1.82) is 0 Å². The van der Waals surface area contributed by atoms with Gasteiger partial charge in [0.1, 0.15) is 6.54 Å². The molecular formula is C15H11N3. The van der Waals surface area contributed by atoms with Gasteiger partial charge in [-0.05, 0) is 30.3 Å². The molecule has 2 aromatic heterocycles. The Kier molecular flexibility index (Phi) is 2.77. The molecule has 0 saturated heterocycles. The highest BCUT2D eigenvalue weighted by atomic mass is 15.3. The van der Waals surface area contributed by atoms with Gasteiger partial charge in [0, 0.05) is 29.5 Å². The van der Waals surface area contributed by atoms with Crippen molar-refractivity contribution in [2.75, 3.05) is 0 Å². The highest BCUT2D eigenvalue weighted by Gasteiger charge is 1.93. The minimum Gasteiger partial charge on any atom is -0.261 e. The lowest BCUT2D eigenvalue weighted by Gasteiger charge is -1.96. The van der Waals surface area contributed by atoms with Crippen LogP contribution in [0, 0.1) is 11.8 Å². The minimum absolute atomic E-state index is 0.609. The summed E-state index contributed by atoms with van der Waals surface area (Å²) in [6.07, 6.45) is 5.45. The molecule has 0 spiro atoms. The zero-order chi connectivity index (χ0) is 12.2. The van der Waals surface area contributed by atoms with Crippen molar-refractivity contribution in [2.24, 2.45) is 0 Å². The van der Waals surface area contributed by atoms with Crippen molar-refractivity contribution < 1.29 is 0 Å². The number of hydrogen-bond donors (Lipinski definition) is 0. The fourth-order valence-corrected chi connectivity index (χ4v) is 1.77. The van der Waals surface area contributed by atoms with E-state index < -0.39 is 0 Å². The second-order valence-corrected chi connectivity index (χ2v) is 3.92. The molecule has 0 amide bonds. The lowest BCUT2D eigenvalue weighted by molar-refractivity contribution is 0.715. The molecule has 0 bridgehead atoms. The average molecular weight is 233 g/mol. The van der Waals surface area contributed by atoms with Gasteiger partial charge in [-0.1, -0.05) is 17.9 Å². The maximum atomic E-state index is 4.28. The predicted molar refractivity (Wildman–Crippen MR) is 70.8 cm³/mol. The third kappa shape index (κ3) is 2.23. The molecule has 0 radical (unpaired) electrons. The Morgan fingerprint density at radius 1 is 1.11 bits per heavy atom. The van der Waals surface area contributed by atoms with Crippen molar-refractivity contribution in [3.05, 3.63) is 60.6 Å². The third-order valence-corrected chi connectivity index (χ3v) is 2.64. The molecule has 0 aliphatic heterocycles. The van der Waals surface area contributed by atoms with Gasteiger partial charge in [-0.3, -0.25) is 9.67 Å². The zero-order valence-electron chi connectivity index (χ0n) is 9.74. The lowest BCUT2D eigenvalue weighted by atomic mass is 10.1. The van der Waals surface area contributed by atoms with E-state index in [0.717, 1.165) is 16.5 Å². The number of aromatic nitrogens is 3. The second kappa shape index (κ2) is 4.72. The first kappa shape index (κ1) is 10.5. The summed E-state index contributed by atoms with van der Waals surface area (Å²) in [6.45, 7) is 0.609. The van der Waals surface area contributed by atoms with Crippen LogP contribution in [-0.2, 0) is 6.54 Å². The molecule has 0 atom stereocenters. The molecule has 1 aromatic carbocycles. The molecule has 3 nitrogen and oxygen atoms in total. The Bertz CT molecular complexity index is 718. The highest BCUT2D eigenvalue weighted by molar-refractivity contribution is 5.79. The van der Waals surface area contributed by atoms with Crippen LogP contribution in [0.4, 0.5) is 0 Å². The first-order chi connectivity index (χ1) is 8.92. The summed E-state index contributed by atoms with van der Waals surface area (Å²) >= 11 is 0. The van der Waals surface area contributed by atoms with E-state index in [2.05, 4.69) is 28.0 Å². The largest absolute Gasteiger partial charge is 0.261 e. The van der Waals surface area contributed by atoms with Crippen molar-refractivity contribution in [3.8, 4) is 11.8 Å². The van der Waals surface area contributed by atoms with Crippen molar-refractivity contribution in [1.82, 2.24) is 14.8 Å². The first-order valence-corrected chi connectivity index (χ1v) is 5.73. The maximum absolute atomic E-state index is 4.28. The molecule has 18 heavy (non-hydrogen) atoms. The first-order valence-electron chi connectivity index (χ1n) is 5.73. The Labute approximate surface area is 105 Å². The van der Waals surface area contributed by atoms with Crippen LogP contribution in [0.5, 0.6) is 0 Å². The molecule has 0 N–H and O–H groups in total. The van der Waals surface area contributed by atoms with E-state index in [-0.39, 0.29) is 0 Å². The number of fused-ring (bicyclic) bond motifs is 1. The molecule has 3 rings (SSSR count). The van der Waals surface area contributed by atoms with Crippen LogP contribution in [0.15, 0.2) is 55.0 Å². The monoisotopic (exact) mass is 233 g/mol. The second-order valence-electron chi connectivity index (χ2n) is 3.92. The molecule has 0 aliphatic rings. The van der Waals surface area contributed by atoms with Gasteiger partial charge in [0.25, 0.3) is 0 Å². The molecule has 2 heterocycles. The van der Waals surface area contributed by atoms with Gasteiger partial charge < -0.3 is 0 Å². The van der Waals surface area contributed by atoms with Gasteiger partial charge in [-0.15, -0.1) is 0 Å². The topological polar surface area (TPSA) is 30.7 Å². The zero-order valence-corrected chi connectivity index (χ0v) is 9.74. The molecule has 3 heteroatoms. The van der Waals surface area contributed by atoms with Gasteiger partial charge >= 0.3 is 0 Å². The quantitative estimate of drug-likeness (QED) is 0.604. The number of nitrogens with zero attached hydrogens (tertiary/aromatic N) is 3. The number of benzene rings is 1. The smallest absolute Gasteiger partial charge is 0.102 e. The average Bonchev–Trinajstić information content (AvgIpc) is 2.92. The van der Waals surface area contributed by atoms with E-state index >= 15 is 0 Å². The number of hydrogen-bond acceptors (Lipinski definition) is 2. The predicted octanol–water partition coefficient (Wildman–Crippen LogP) is 2.48. The fourth-order valence-electron chi connectivity index (χ4n) is 1.77.